The lowest BCUT2D eigenvalue weighted by Gasteiger charge is -2.09. The van der Waals surface area contributed by atoms with Gasteiger partial charge in [0.1, 0.15) is 5.75 Å². The van der Waals surface area contributed by atoms with Gasteiger partial charge in [-0.3, -0.25) is 4.79 Å². The summed E-state index contributed by atoms with van der Waals surface area (Å²) >= 11 is 3.38. The number of rotatable bonds is 5. The van der Waals surface area contributed by atoms with Crippen molar-refractivity contribution >= 4 is 27.5 Å². The summed E-state index contributed by atoms with van der Waals surface area (Å²) in [5.41, 5.74) is 6.28. The average molecular weight is 375 g/mol. The molecule has 0 saturated heterocycles. The van der Waals surface area contributed by atoms with Crippen LogP contribution in [0.4, 0.5) is 0 Å². The van der Waals surface area contributed by atoms with E-state index in [9.17, 15) is 4.79 Å². The standard InChI is InChI=1S/C18H19BrN2O2/c1-12-4-5-13(2)17(10-12)23-11-18(22)21-20-14(3)15-6-8-16(19)9-7-15/h4-10H,11H2,1-3H3,(H,21,22)/b20-14+. The average Bonchev–Trinajstić information content (AvgIpc) is 2.54. The fourth-order valence-corrected chi connectivity index (χ4v) is 2.20. The molecule has 0 unspecified atom stereocenters. The molecule has 0 heterocycles. The van der Waals surface area contributed by atoms with Crippen LogP contribution in [0.5, 0.6) is 5.75 Å². The van der Waals surface area contributed by atoms with E-state index in [1.54, 1.807) is 0 Å². The highest BCUT2D eigenvalue weighted by atomic mass is 79.9. The lowest BCUT2D eigenvalue weighted by atomic mass is 10.1. The molecular formula is C18H19BrN2O2. The van der Waals surface area contributed by atoms with Crippen LogP contribution in [0.3, 0.4) is 0 Å². The SMILES string of the molecule is C/C(=N\NC(=O)COc1cc(C)ccc1C)c1ccc(Br)cc1. The second-order valence-electron chi connectivity index (χ2n) is 5.30. The number of halogens is 1. The maximum absolute atomic E-state index is 11.9. The molecule has 1 amide bonds. The Morgan fingerprint density at radius 2 is 1.87 bits per heavy atom. The molecule has 0 radical (unpaired) electrons. The van der Waals surface area contributed by atoms with Gasteiger partial charge in [0.05, 0.1) is 5.71 Å². The van der Waals surface area contributed by atoms with Crippen LogP contribution in [-0.2, 0) is 4.79 Å². The number of hydrogen-bond donors (Lipinski definition) is 1. The van der Waals surface area contributed by atoms with Crippen molar-refractivity contribution in [3.63, 3.8) is 0 Å². The molecule has 23 heavy (non-hydrogen) atoms. The molecule has 0 bridgehead atoms. The topological polar surface area (TPSA) is 50.7 Å². The zero-order valence-electron chi connectivity index (χ0n) is 13.4. The Hall–Kier alpha value is -2.14. The van der Waals surface area contributed by atoms with Crippen molar-refractivity contribution < 1.29 is 9.53 Å². The van der Waals surface area contributed by atoms with Gasteiger partial charge >= 0.3 is 0 Å². The van der Waals surface area contributed by atoms with E-state index in [4.69, 9.17) is 4.74 Å². The number of ether oxygens (including phenoxy) is 1. The molecule has 0 spiro atoms. The van der Waals surface area contributed by atoms with Crippen molar-refractivity contribution in [2.75, 3.05) is 6.61 Å². The highest BCUT2D eigenvalue weighted by Crippen LogP contribution is 2.18. The summed E-state index contributed by atoms with van der Waals surface area (Å²) < 4.78 is 6.55. The second kappa shape index (κ2) is 7.92. The lowest BCUT2D eigenvalue weighted by Crippen LogP contribution is -2.25. The Labute approximate surface area is 144 Å². The number of nitrogens with zero attached hydrogens (tertiary/aromatic N) is 1. The molecule has 2 aromatic rings. The summed E-state index contributed by atoms with van der Waals surface area (Å²) in [5, 5.41) is 4.10. The molecule has 0 aliphatic heterocycles. The number of hydrazone groups is 1. The largest absolute Gasteiger partial charge is 0.483 e. The number of benzene rings is 2. The van der Waals surface area contributed by atoms with E-state index >= 15 is 0 Å². The third-order valence-corrected chi connectivity index (χ3v) is 3.84. The minimum Gasteiger partial charge on any atom is -0.483 e. The highest BCUT2D eigenvalue weighted by molar-refractivity contribution is 9.10. The molecule has 0 aromatic heterocycles. The molecule has 0 aliphatic carbocycles. The first-order chi connectivity index (χ1) is 11.0. The summed E-state index contributed by atoms with van der Waals surface area (Å²) in [4.78, 5) is 11.9. The molecule has 4 nitrogen and oxygen atoms in total. The molecule has 120 valence electrons. The van der Waals surface area contributed by atoms with Crippen molar-refractivity contribution in [3.8, 4) is 5.75 Å². The van der Waals surface area contributed by atoms with Crippen LogP contribution >= 0.6 is 15.9 Å². The fraction of sp³-hybridized carbons (Fsp3) is 0.222. The fourth-order valence-electron chi connectivity index (χ4n) is 1.94. The monoisotopic (exact) mass is 374 g/mol. The lowest BCUT2D eigenvalue weighted by molar-refractivity contribution is -0.123. The Morgan fingerprint density at radius 1 is 1.17 bits per heavy atom. The van der Waals surface area contributed by atoms with Crippen LogP contribution in [0.25, 0.3) is 0 Å². The summed E-state index contributed by atoms with van der Waals surface area (Å²) in [6, 6.07) is 13.6. The van der Waals surface area contributed by atoms with Crippen LogP contribution in [-0.4, -0.2) is 18.2 Å². The van der Waals surface area contributed by atoms with E-state index in [0.29, 0.717) is 5.75 Å². The van der Waals surface area contributed by atoms with Crippen LogP contribution in [0, 0.1) is 13.8 Å². The van der Waals surface area contributed by atoms with Gasteiger partial charge in [-0.25, -0.2) is 5.43 Å². The summed E-state index contributed by atoms with van der Waals surface area (Å²) in [5.74, 6) is 0.427. The first kappa shape index (κ1) is 17.2. The zero-order valence-corrected chi connectivity index (χ0v) is 15.0. The molecule has 2 rings (SSSR count). The van der Waals surface area contributed by atoms with Crippen molar-refractivity contribution in [2.45, 2.75) is 20.8 Å². The van der Waals surface area contributed by atoms with Gasteiger partial charge in [-0.1, -0.05) is 40.2 Å². The Balaban J connectivity index is 1.90. The van der Waals surface area contributed by atoms with Crippen molar-refractivity contribution in [1.82, 2.24) is 5.43 Å². The molecule has 0 fully saturated rings. The van der Waals surface area contributed by atoms with Crippen molar-refractivity contribution in [2.24, 2.45) is 5.10 Å². The summed E-state index contributed by atoms with van der Waals surface area (Å²) in [6.07, 6.45) is 0. The predicted octanol–water partition coefficient (Wildman–Crippen LogP) is 3.99. The molecule has 1 N–H and O–H groups in total. The van der Waals surface area contributed by atoms with Gasteiger partial charge in [-0.2, -0.15) is 5.10 Å². The number of aryl methyl sites for hydroxylation is 2. The van der Waals surface area contributed by atoms with Crippen LogP contribution in [0.15, 0.2) is 52.0 Å². The quantitative estimate of drug-likeness (QED) is 0.635. The first-order valence-corrected chi connectivity index (χ1v) is 8.04. The van der Waals surface area contributed by atoms with Gasteiger partial charge in [0.2, 0.25) is 0 Å². The second-order valence-corrected chi connectivity index (χ2v) is 6.21. The van der Waals surface area contributed by atoms with Crippen molar-refractivity contribution in [3.05, 3.63) is 63.6 Å². The Kier molecular flexibility index (Phi) is 5.93. The van der Waals surface area contributed by atoms with Gasteiger partial charge in [-0.15, -0.1) is 0 Å². The predicted molar refractivity (Wildman–Crippen MR) is 95.9 cm³/mol. The minimum atomic E-state index is -0.289. The first-order valence-electron chi connectivity index (χ1n) is 7.25. The molecule has 0 atom stereocenters. The van der Waals surface area contributed by atoms with Crippen molar-refractivity contribution in [1.29, 1.82) is 0 Å². The van der Waals surface area contributed by atoms with Crippen LogP contribution < -0.4 is 10.2 Å². The van der Waals surface area contributed by atoms with Gasteiger partial charge in [0.25, 0.3) is 5.91 Å². The normalized spacial score (nSPS) is 11.2. The van der Waals surface area contributed by atoms with E-state index in [-0.39, 0.29) is 12.5 Å². The number of nitrogens with one attached hydrogen (secondary N) is 1. The van der Waals surface area contributed by atoms with E-state index in [2.05, 4.69) is 26.5 Å². The highest BCUT2D eigenvalue weighted by Gasteiger charge is 2.05. The van der Waals surface area contributed by atoms with E-state index in [1.807, 2.05) is 63.2 Å². The third-order valence-electron chi connectivity index (χ3n) is 3.31. The van der Waals surface area contributed by atoms with Gasteiger partial charge in [-0.05, 0) is 55.7 Å². The molecular weight excluding hydrogens is 356 g/mol. The maximum atomic E-state index is 11.9. The van der Waals surface area contributed by atoms with E-state index in [1.165, 1.54) is 0 Å². The van der Waals surface area contributed by atoms with Gasteiger partial charge in [0.15, 0.2) is 6.61 Å². The van der Waals surface area contributed by atoms with E-state index in [0.717, 1.165) is 26.9 Å². The number of amides is 1. The molecule has 0 saturated carbocycles. The third kappa shape index (κ3) is 5.21. The summed E-state index contributed by atoms with van der Waals surface area (Å²) in [6.45, 7) is 5.71. The summed E-state index contributed by atoms with van der Waals surface area (Å²) in [7, 11) is 0. The Morgan fingerprint density at radius 3 is 2.57 bits per heavy atom. The Bertz CT molecular complexity index is 724. The minimum absolute atomic E-state index is 0.0680. The van der Waals surface area contributed by atoms with Gasteiger partial charge in [0, 0.05) is 4.47 Å². The molecule has 2 aromatic carbocycles. The van der Waals surface area contributed by atoms with Crippen LogP contribution in [0.1, 0.15) is 23.6 Å². The van der Waals surface area contributed by atoms with E-state index < -0.39 is 0 Å². The number of carbonyl (C=O) groups is 1. The maximum Gasteiger partial charge on any atom is 0.277 e. The smallest absolute Gasteiger partial charge is 0.277 e. The number of carbonyl (C=O) groups excluding carboxylic acids is 1. The number of hydrogen-bond acceptors (Lipinski definition) is 3. The van der Waals surface area contributed by atoms with Crippen LogP contribution in [0.2, 0.25) is 0 Å². The van der Waals surface area contributed by atoms with Gasteiger partial charge < -0.3 is 4.74 Å². The zero-order chi connectivity index (χ0) is 16.8. The molecule has 0 aliphatic rings. The molecule has 5 heteroatoms.